The minimum Gasteiger partial charge on any atom is -0.394 e. The van der Waals surface area contributed by atoms with Gasteiger partial charge in [0, 0.05) is 12.5 Å². The summed E-state index contributed by atoms with van der Waals surface area (Å²) in [6.07, 6.45) is -1.64. The van der Waals surface area contributed by atoms with Crippen LogP contribution in [0.2, 0.25) is 0 Å². The van der Waals surface area contributed by atoms with Crippen molar-refractivity contribution in [2.24, 2.45) is 0 Å². The average molecular weight is 305 g/mol. The molecule has 2 unspecified atom stereocenters. The molecule has 1 aliphatic rings. The molecular formula is C10H15N3O6S. The third kappa shape index (κ3) is 2.54. The standard InChI is InChI=1S/C10H15N3O6S/c1-20(17,18)8-7(15)5(4-14)19-9(8)13-3-2-6(11)12-10(13)16/h2-3,5,7-9,14-15H,4H2,1H3,(H2,11,12,16)/t5-,7?,8?,9-/m1/s1. The first-order valence-electron chi connectivity index (χ1n) is 5.73. The Balaban J connectivity index is 2.50. The number of nitrogens with two attached hydrogens (primary N) is 1. The van der Waals surface area contributed by atoms with E-state index < -0.39 is 45.8 Å². The Morgan fingerprint density at radius 3 is 2.70 bits per heavy atom. The van der Waals surface area contributed by atoms with Crippen LogP contribution in [-0.4, -0.2) is 58.5 Å². The first-order chi connectivity index (χ1) is 9.25. The van der Waals surface area contributed by atoms with Crippen molar-refractivity contribution in [2.75, 3.05) is 18.6 Å². The van der Waals surface area contributed by atoms with Gasteiger partial charge in [0.05, 0.1) is 6.61 Å². The lowest BCUT2D eigenvalue weighted by atomic mass is 10.2. The van der Waals surface area contributed by atoms with Crippen molar-refractivity contribution in [3.05, 3.63) is 22.7 Å². The van der Waals surface area contributed by atoms with Crippen LogP contribution in [0.15, 0.2) is 17.1 Å². The molecule has 2 rings (SSSR count). The van der Waals surface area contributed by atoms with Crippen molar-refractivity contribution in [1.29, 1.82) is 0 Å². The lowest BCUT2D eigenvalue weighted by Crippen LogP contribution is -2.41. The smallest absolute Gasteiger partial charge is 0.351 e. The number of nitrogen functional groups attached to an aromatic ring is 1. The Bertz CT molecular complexity index is 657. The van der Waals surface area contributed by atoms with Gasteiger partial charge in [-0.25, -0.2) is 13.2 Å². The number of hydrogen-bond donors (Lipinski definition) is 3. The van der Waals surface area contributed by atoms with Crippen molar-refractivity contribution < 1.29 is 23.4 Å². The van der Waals surface area contributed by atoms with Gasteiger partial charge in [-0.05, 0) is 6.07 Å². The minimum atomic E-state index is -3.72. The number of nitrogens with zero attached hydrogens (tertiary/aromatic N) is 2. The molecule has 0 spiro atoms. The molecule has 1 aliphatic heterocycles. The van der Waals surface area contributed by atoms with E-state index >= 15 is 0 Å². The summed E-state index contributed by atoms with van der Waals surface area (Å²) >= 11 is 0. The van der Waals surface area contributed by atoms with E-state index in [0.29, 0.717) is 0 Å². The lowest BCUT2D eigenvalue weighted by molar-refractivity contribution is -0.0457. The molecule has 10 heteroatoms. The van der Waals surface area contributed by atoms with Gasteiger partial charge in [-0.3, -0.25) is 4.57 Å². The van der Waals surface area contributed by atoms with Gasteiger partial charge in [-0.2, -0.15) is 4.98 Å². The van der Waals surface area contributed by atoms with Crippen molar-refractivity contribution >= 4 is 15.7 Å². The second-order valence-corrected chi connectivity index (χ2v) is 6.78. The van der Waals surface area contributed by atoms with Crippen LogP contribution in [-0.2, 0) is 14.6 Å². The van der Waals surface area contributed by atoms with Crippen LogP contribution in [0.1, 0.15) is 6.23 Å². The number of hydrogen-bond acceptors (Lipinski definition) is 8. The van der Waals surface area contributed by atoms with Crippen molar-refractivity contribution in [1.82, 2.24) is 9.55 Å². The Morgan fingerprint density at radius 1 is 1.55 bits per heavy atom. The number of sulfone groups is 1. The summed E-state index contributed by atoms with van der Waals surface area (Å²) in [5.74, 6) is -0.0144. The predicted octanol–water partition coefficient (Wildman–Crippen LogP) is -2.51. The van der Waals surface area contributed by atoms with E-state index in [4.69, 9.17) is 15.6 Å². The molecule has 20 heavy (non-hydrogen) atoms. The number of aliphatic hydroxyl groups excluding tert-OH is 2. The molecule has 4 atom stereocenters. The monoisotopic (exact) mass is 305 g/mol. The van der Waals surface area contributed by atoms with Crippen LogP contribution in [0.5, 0.6) is 0 Å². The van der Waals surface area contributed by atoms with Gasteiger partial charge in [-0.1, -0.05) is 0 Å². The maximum Gasteiger partial charge on any atom is 0.351 e. The lowest BCUT2D eigenvalue weighted by Gasteiger charge is -2.20. The molecule has 9 nitrogen and oxygen atoms in total. The average Bonchev–Trinajstić information content (AvgIpc) is 2.65. The molecule has 0 saturated carbocycles. The van der Waals surface area contributed by atoms with Gasteiger partial charge in [0.25, 0.3) is 0 Å². The predicted molar refractivity (Wildman–Crippen MR) is 68.5 cm³/mol. The summed E-state index contributed by atoms with van der Waals surface area (Å²) in [7, 11) is -3.72. The first kappa shape index (κ1) is 14.9. The van der Waals surface area contributed by atoms with Gasteiger partial charge < -0.3 is 20.7 Å². The van der Waals surface area contributed by atoms with Gasteiger partial charge in [0.2, 0.25) is 0 Å². The van der Waals surface area contributed by atoms with Crippen LogP contribution >= 0.6 is 0 Å². The fourth-order valence-corrected chi connectivity index (χ4v) is 3.48. The molecule has 0 amide bonds. The molecule has 0 bridgehead atoms. The summed E-state index contributed by atoms with van der Waals surface area (Å²) in [5, 5.41) is 17.7. The molecule has 1 aromatic heterocycles. The molecule has 0 radical (unpaired) electrons. The second kappa shape index (κ2) is 5.13. The largest absolute Gasteiger partial charge is 0.394 e. The van der Waals surface area contributed by atoms with Crippen LogP contribution in [0.25, 0.3) is 0 Å². The highest BCUT2D eigenvalue weighted by atomic mass is 32.2. The van der Waals surface area contributed by atoms with E-state index in [1.165, 1.54) is 12.3 Å². The van der Waals surface area contributed by atoms with Gasteiger partial charge in [0.15, 0.2) is 16.1 Å². The fraction of sp³-hybridized carbons (Fsp3) is 0.600. The summed E-state index contributed by atoms with van der Waals surface area (Å²) in [4.78, 5) is 15.2. The molecule has 1 fully saturated rings. The zero-order valence-electron chi connectivity index (χ0n) is 10.6. The molecule has 1 saturated heterocycles. The number of aliphatic hydroxyl groups is 2. The highest BCUT2D eigenvalue weighted by Crippen LogP contribution is 2.32. The molecule has 112 valence electrons. The number of ether oxygens (including phenoxy) is 1. The molecule has 4 N–H and O–H groups in total. The Hall–Kier alpha value is -1.49. The van der Waals surface area contributed by atoms with Crippen LogP contribution in [0, 0.1) is 0 Å². The molecule has 0 aliphatic carbocycles. The SMILES string of the molecule is CS(=O)(=O)C1C(O)[C@@H](CO)O[C@H]1n1ccc(N)nc1=O. The van der Waals surface area contributed by atoms with E-state index in [0.717, 1.165) is 10.8 Å². The molecular weight excluding hydrogens is 290 g/mol. The van der Waals surface area contributed by atoms with E-state index in [1.807, 2.05) is 0 Å². The van der Waals surface area contributed by atoms with Gasteiger partial charge in [-0.15, -0.1) is 0 Å². The third-order valence-corrected chi connectivity index (χ3v) is 4.61. The second-order valence-electron chi connectivity index (χ2n) is 4.57. The third-order valence-electron chi connectivity index (χ3n) is 3.11. The number of aromatic nitrogens is 2. The quantitative estimate of drug-likeness (QED) is 0.555. The van der Waals surface area contributed by atoms with Gasteiger partial charge >= 0.3 is 5.69 Å². The zero-order chi connectivity index (χ0) is 15.1. The number of anilines is 1. The Kier molecular flexibility index (Phi) is 3.82. The first-order valence-corrected chi connectivity index (χ1v) is 7.69. The minimum absolute atomic E-state index is 0.0144. The highest BCUT2D eigenvalue weighted by Gasteiger charge is 2.50. The van der Waals surface area contributed by atoms with Crippen LogP contribution < -0.4 is 11.4 Å². The summed E-state index contributed by atoms with van der Waals surface area (Å²) in [6, 6.07) is 1.31. The summed E-state index contributed by atoms with van der Waals surface area (Å²) in [6.45, 7) is -0.569. The van der Waals surface area contributed by atoms with E-state index in [1.54, 1.807) is 0 Å². The van der Waals surface area contributed by atoms with Crippen molar-refractivity contribution in [3.8, 4) is 0 Å². The molecule has 0 aromatic carbocycles. The Labute approximate surface area is 114 Å². The zero-order valence-corrected chi connectivity index (χ0v) is 11.4. The number of rotatable bonds is 3. The summed E-state index contributed by atoms with van der Waals surface area (Å²) in [5.41, 5.74) is 4.56. The van der Waals surface area contributed by atoms with E-state index in [2.05, 4.69) is 4.98 Å². The molecule has 2 heterocycles. The van der Waals surface area contributed by atoms with Crippen LogP contribution in [0.4, 0.5) is 5.82 Å². The van der Waals surface area contributed by atoms with Crippen molar-refractivity contribution in [3.63, 3.8) is 0 Å². The maximum absolute atomic E-state index is 11.8. The topological polar surface area (TPSA) is 145 Å². The Morgan fingerprint density at radius 2 is 2.20 bits per heavy atom. The fourth-order valence-electron chi connectivity index (χ4n) is 2.18. The highest BCUT2D eigenvalue weighted by molar-refractivity contribution is 7.91. The van der Waals surface area contributed by atoms with Gasteiger partial charge in [0.1, 0.15) is 23.3 Å². The van der Waals surface area contributed by atoms with E-state index in [9.17, 15) is 18.3 Å². The van der Waals surface area contributed by atoms with Crippen LogP contribution in [0.3, 0.4) is 0 Å². The molecule has 1 aromatic rings. The van der Waals surface area contributed by atoms with Crippen molar-refractivity contribution in [2.45, 2.75) is 23.7 Å². The normalized spacial score (nSPS) is 30.6. The maximum atomic E-state index is 11.8. The summed E-state index contributed by atoms with van der Waals surface area (Å²) < 4.78 is 29.8. The van der Waals surface area contributed by atoms with E-state index in [-0.39, 0.29) is 5.82 Å².